The summed E-state index contributed by atoms with van der Waals surface area (Å²) in [5.74, 6) is 0.239. The van der Waals surface area contributed by atoms with Gasteiger partial charge in [0.1, 0.15) is 5.75 Å². The maximum Gasteiger partial charge on any atom is 0.254 e. The third-order valence-electron chi connectivity index (χ3n) is 2.70. The van der Waals surface area contributed by atoms with E-state index in [1.165, 1.54) is 18.4 Å². The minimum absolute atomic E-state index is 0.0710. The van der Waals surface area contributed by atoms with Gasteiger partial charge in [0.15, 0.2) is 9.99 Å². The van der Waals surface area contributed by atoms with Crippen molar-refractivity contribution in [1.82, 2.24) is 4.72 Å². The average molecular weight is 345 g/mol. The molecular weight excluding hydrogens is 330 g/mol. The molecule has 114 valence electrons. The smallest absolute Gasteiger partial charge is 0.254 e. The summed E-state index contributed by atoms with van der Waals surface area (Å²) in [5.41, 5.74) is 0. The van der Waals surface area contributed by atoms with Crippen molar-refractivity contribution in [1.29, 1.82) is 0 Å². The number of methoxy groups -OCH3 is 1. The van der Waals surface area contributed by atoms with Gasteiger partial charge in [-0.25, -0.2) is 13.1 Å². The molecule has 0 aliphatic heterocycles. The van der Waals surface area contributed by atoms with Gasteiger partial charge in [-0.15, -0.1) is 22.7 Å². The summed E-state index contributed by atoms with van der Waals surface area (Å²) >= 11 is 2.43. The van der Waals surface area contributed by atoms with Crippen LogP contribution in [0.25, 0.3) is 0 Å². The van der Waals surface area contributed by atoms with Crippen molar-refractivity contribution in [2.75, 3.05) is 7.11 Å². The highest BCUT2D eigenvalue weighted by Gasteiger charge is 2.24. The Kier molecular flexibility index (Phi) is 5.15. The van der Waals surface area contributed by atoms with Crippen LogP contribution >= 0.6 is 22.7 Å². The van der Waals surface area contributed by atoms with Gasteiger partial charge in [0.25, 0.3) is 10.0 Å². The van der Waals surface area contributed by atoms with Gasteiger partial charge >= 0.3 is 0 Å². The minimum atomic E-state index is -3.68. The average Bonchev–Trinajstić information content (AvgIpc) is 3.09. The topological polar surface area (TPSA) is 72.5 Å². The van der Waals surface area contributed by atoms with Gasteiger partial charge in [0, 0.05) is 12.5 Å². The zero-order chi connectivity index (χ0) is 15.5. The second-order valence-electron chi connectivity index (χ2n) is 4.40. The van der Waals surface area contributed by atoms with E-state index < -0.39 is 16.1 Å². The van der Waals surface area contributed by atoms with E-state index in [4.69, 9.17) is 4.74 Å². The van der Waals surface area contributed by atoms with Gasteiger partial charge < -0.3 is 4.74 Å². The van der Waals surface area contributed by atoms with Crippen molar-refractivity contribution in [3.05, 3.63) is 33.8 Å². The number of sulfonamides is 1. The molecule has 1 unspecified atom stereocenters. The molecule has 2 aromatic rings. The van der Waals surface area contributed by atoms with Crippen LogP contribution < -0.4 is 9.46 Å². The number of carbonyl (C=O) groups excluding carboxylic acids is 1. The molecule has 0 aromatic carbocycles. The fourth-order valence-electron chi connectivity index (χ4n) is 1.81. The fourth-order valence-corrected chi connectivity index (χ4v) is 5.02. The number of rotatable bonds is 7. The predicted octanol–water partition coefficient (Wildman–Crippen LogP) is 2.76. The summed E-state index contributed by atoms with van der Waals surface area (Å²) in [7, 11) is -2.26. The van der Waals surface area contributed by atoms with Crippen molar-refractivity contribution in [3.8, 4) is 5.75 Å². The molecule has 1 N–H and O–H groups in total. The van der Waals surface area contributed by atoms with Crippen LogP contribution in [0, 0.1) is 0 Å². The van der Waals surface area contributed by atoms with E-state index >= 15 is 0 Å². The maximum atomic E-state index is 12.3. The molecule has 0 amide bonds. The molecule has 8 heteroatoms. The second kappa shape index (κ2) is 6.69. The van der Waals surface area contributed by atoms with Crippen LogP contribution in [0.4, 0.5) is 0 Å². The Morgan fingerprint density at radius 1 is 1.33 bits per heavy atom. The van der Waals surface area contributed by atoms with Gasteiger partial charge in [-0.2, -0.15) is 0 Å². The lowest BCUT2D eigenvalue weighted by Gasteiger charge is -2.13. The fraction of sp³-hybridized carbons (Fsp3) is 0.308. The summed E-state index contributed by atoms with van der Waals surface area (Å²) in [5, 5.41) is 3.47. The molecule has 2 rings (SSSR count). The molecule has 0 fully saturated rings. The number of nitrogens with one attached hydrogen (secondary N) is 1. The van der Waals surface area contributed by atoms with Crippen molar-refractivity contribution >= 4 is 38.5 Å². The number of carbonyl (C=O) groups is 1. The quantitative estimate of drug-likeness (QED) is 0.783. The van der Waals surface area contributed by atoms with Crippen LogP contribution in [-0.2, 0) is 10.0 Å². The van der Waals surface area contributed by atoms with E-state index in [1.807, 2.05) is 5.38 Å². The molecule has 5 nitrogen and oxygen atoms in total. The molecule has 21 heavy (non-hydrogen) atoms. The number of thiophene rings is 2. The zero-order valence-electron chi connectivity index (χ0n) is 11.5. The number of ether oxygens (including phenoxy) is 1. The van der Waals surface area contributed by atoms with Crippen LogP contribution in [0.15, 0.2) is 33.2 Å². The van der Waals surface area contributed by atoms with Crippen LogP contribution in [0.1, 0.15) is 23.0 Å². The van der Waals surface area contributed by atoms with E-state index in [9.17, 15) is 13.2 Å². The number of Topliss-reactive ketones (excluding diaryl/α,β-unsaturated/α-hetero) is 1. The standard InChI is InChI=1S/C13H15NO4S3/c1-9(8-10(15)12-4-3-6-19-12)14-21(16,17)13-11(18-2)5-7-20-13/h3-7,9,14H,8H2,1-2H3. The summed E-state index contributed by atoms with van der Waals surface area (Å²) in [4.78, 5) is 12.6. The Bertz CT molecular complexity index is 704. The first-order valence-electron chi connectivity index (χ1n) is 6.14. The minimum Gasteiger partial charge on any atom is -0.494 e. The second-order valence-corrected chi connectivity index (χ2v) is 8.18. The van der Waals surface area contributed by atoms with E-state index in [1.54, 1.807) is 30.5 Å². The first kappa shape index (κ1) is 16.2. The molecule has 0 spiro atoms. The largest absolute Gasteiger partial charge is 0.494 e. The lowest BCUT2D eigenvalue weighted by molar-refractivity contribution is 0.0979. The normalized spacial score (nSPS) is 13.0. The van der Waals surface area contributed by atoms with Crippen molar-refractivity contribution in [3.63, 3.8) is 0 Å². The maximum absolute atomic E-state index is 12.3. The molecule has 0 bridgehead atoms. The Morgan fingerprint density at radius 3 is 2.71 bits per heavy atom. The Balaban J connectivity index is 2.05. The molecule has 0 saturated heterocycles. The third kappa shape index (κ3) is 3.91. The molecule has 0 aliphatic rings. The van der Waals surface area contributed by atoms with Crippen LogP contribution in [0.3, 0.4) is 0 Å². The van der Waals surface area contributed by atoms with Gasteiger partial charge in [-0.05, 0) is 29.8 Å². The molecule has 0 saturated carbocycles. The van der Waals surface area contributed by atoms with E-state index in [-0.39, 0.29) is 16.4 Å². The molecule has 0 aliphatic carbocycles. The number of ketones is 1. The SMILES string of the molecule is COc1ccsc1S(=O)(=O)NC(C)CC(=O)c1cccs1. The molecule has 2 heterocycles. The lowest BCUT2D eigenvalue weighted by Crippen LogP contribution is -2.33. The highest BCUT2D eigenvalue weighted by molar-refractivity contribution is 7.91. The van der Waals surface area contributed by atoms with Gasteiger partial charge in [0.2, 0.25) is 0 Å². The lowest BCUT2D eigenvalue weighted by atomic mass is 10.1. The van der Waals surface area contributed by atoms with Crippen molar-refractivity contribution < 1.29 is 17.9 Å². The van der Waals surface area contributed by atoms with Crippen LogP contribution in [0.2, 0.25) is 0 Å². The highest BCUT2D eigenvalue weighted by atomic mass is 32.2. The monoisotopic (exact) mass is 345 g/mol. The number of hydrogen-bond donors (Lipinski definition) is 1. The van der Waals surface area contributed by atoms with Crippen molar-refractivity contribution in [2.45, 2.75) is 23.6 Å². The van der Waals surface area contributed by atoms with Gasteiger partial charge in [0.05, 0.1) is 12.0 Å². The molecule has 0 radical (unpaired) electrons. The van der Waals surface area contributed by atoms with Crippen LogP contribution in [0.5, 0.6) is 5.75 Å². The van der Waals surface area contributed by atoms with Crippen LogP contribution in [-0.4, -0.2) is 27.4 Å². The molecular formula is C13H15NO4S3. The first-order chi connectivity index (χ1) is 9.94. The molecule has 1 atom stereocenters. The Labute approximate surface area is 131 Å². The first-order valence-corrected chi connectivity index (χ1v) is 9.39. The summed E-state index contributed by atoms with van der Waals surface area (Å²) in [6, 6.07) is 4.64. The van der Waals surface area contributed by atoms with E-state index in [2.05, 4.69) is 4.72 Å². The third-order valence-corrected chi connectivity index (χ3v) is 6.65. The highest BCUT2D eigenvalue weighted by Crippen LogP contribution is 2.29. The van der Waals surface area contributed by atoms with E-state index in [0.29, 0.717) is 10.6 Å². The predicted molar refractivity (Wildman–Crippen MR) is 83.9 cm³/mol. The van der Waals surface area contributed by atoms with Gasteiger partial charge in [-0.3, -0.25) is 4.79 Å². The van der Waals surface area contributed by atoms with Gasteiger partial charge in [-0.1, -0.05) is 6.07 Å². The molecule has 2 aromatic heterocycles. The summed E-state index contributed by atoms with van der Waals surface area (Å²) in [6.07, 6.45) is 0.118. The Morgan fingerprint density at radius 2 is 2.10 bits per heavy atom. The Hall–Kier alpha value is -1.22. The van der Waals surface area contributed by atoms with E-state index in [0.717, 1.165) is 11.3 Å². The zero-order valence-corrected chi connectivity index (χ0v) is 14.0. The summed E-state index contributed by atoms with van der Waals surface area (Å²) in [6.45, 7) is 1.67. The van der Waals surface area contributed by atoms with Crippen molar-refractivity contribution in [2.24, 2.45) is 0 Å². The summed E-state index contributed by atoms with van der Waals surface area (Å²) < 4.78 is 32.2. The number of hydrogen-bond acceptors (Lipinski definition) is 6.